The molecule has 1 aromatic carbocycles. The first kappa shape index (κ1) is 19.2. The number of rotatable bonds is 5. The molecule has 1 aliphatic rings. The Morgan fingerprint density at radius 1 is 1.22 bits per heavy atom. The number of methoxy groups -OCH3 is 1. The molecule has 8 nitrogen and oxygen atoms in total. The summed E-state index contributed by atoms with van der Waals surface area (Å²) in [7, 11) is 3.48. The number of para-hydroxylation sites is 1. The highest BCUT2D eigenvalue weighted by Gasteiger charge is 2.25. The maximum absolute atomic E-state index is 12.6. The molecule has 0 bridgehead atoms. The minimum Gasteiger partial charge on any atom is -0.494 e. The quantitative estimate of drug-likeness (QED) is 0.775. The molecule has 2 aromatic rings. The van der Waals surface area contributed by atoms with Crippen LogP contribution in [0.25, 0.3) is 10.2 Å². The second-order valence-corrected chi connectivity index (χ2v) is 7.24. The number of carbonyl (C=O) groups is 2. The van der Waals surface area contributed by atoms with Crippen molar-refractivity contribution in [3.05, 3.63) is 18.2 Å². The van der Waals surface area contributed by atoms with Crippen molar-refractivity contribution in [1.82, 2.24) is 14.8 Å². The van der Waals surface area contributed by atoms with Crippen LogP contribution in [0.3, 0.4) is 0 Å². The van der Waals surface area contributed by atoms with Gasteiger partial charge < -0.3 is 24.2 Å². The van der Waals surface area contributed by atoms with Gasteiger partial charge in [-0.2, -0.15) is 0 Å². The average molecular weight is 392 g/mol. The van der Waals surface area contributed by atoms with Gasteiger partial charge in [-0.3, -0.25) is 4.79 Å². The monoisotopic (exact) mass is 392 g/mol. The van der Waals surface area contributed by atoms with E-state index in [0.29, 0.717) is 32.8 Å². The zero-order chi connectivity index (χ0) is 19.4. The van der Waals surface area contributed by atoms with Crippen molar-refractivity contribution < 1.29 is 19.1 Å². The molecule has 1 aliphatic heterocycles. The van der Waals surface area contributed by atoms with E-state index in [4.69, 9.17) is 9.47 Å². The fraction of sp³-hybridized carbons (Fsp3) is 0.500. The lowest BCUT2D eigenvalue weighted by atomic mass is 10.3. The largest absolute Gasteiger partial charge is 0.494 e. The molecule has 0 unspecified atom stereocenters. The van der Waals surface area contributed by atoms with Gasteiger partial charge in [0.25, 0.3) is 0 Å². The molecule has 0 radical (unpaired) electrons. The van der Waals surface area contributed by atoms with Crippen LogP contribution in [-0.4, -0.2) is 80.3 Å². The van der Waals surface area contributed by atoms with Crippen molar-refractivity contribution in [2.24, 2.45) is 0 Å². The predicted molar refractivity (Wildman–Crippen MR) is 105 cm³/mol. The number of benzene rings is 1. The van der Waals surface area contributed by atoms with E-state index in [1.807, 2.05) is 30.1 Å². The lowest BCUT2D eigenvalue weighted by Crippen LogP contribution is -2.52. The van der Waals surface area contributed by atoms with Crippen LogP contribution in [0.15, 0.2) is 18.2 Å². The first-order valence-corrected chi connectivity index (χ1v) is 9.69. The Kier molecular flexibility index (Phi) is 6.00. The van der Waals surface area contributed by atoms with Gasteiger partial charge in [0.2, 0.25) is 5.91 Å². The van der Waals surface area contributed by atoms with Crippen LogP contribution in [-0.2, 0) is 9.53 Å². The Hall–Kier alpha value is -2.55. The number of anilines is 1. The molecular weight excluding hydrogens is 368 g/mol. The van der Waals surface area contributed by atoms with Crippen LogP contribution in [0.5, 0.6) is 5.75 Å². The third kappa shape index (κ3) is 4.24. The topological polar surface area (TPSA) is 75.2 Å². The number of piperazine rings is 1. The number of nitrogens with zero attached hydrogens (tertiary/aromatic N) is 4. The molecule has 0 N–H and O–H groups in total. The predicted octanol–water partition coefficient (Wildman–Crippen LogP) is 2.04. The van der Waals surface area contributed by atoms with Crippen LogP contribution < -0.4 is 9.64 Å². The number of fused-ring (bicyclic) bond motifs is 1. The number of amides is 2. The minimum atomic E-state index is -0.315. The number of aromatic nitrogens is 1. The number of likely N-dealkylation sites (N-methyl/N-ethyl adjacent to an activating group) is 1. The molecule has 9 heteroatoms. The molecule has 2 heterocycles. The molecule has 0 aliphatic carbocycles. The Labute approximate surface area is 162 Å². The molecule has 0 saturated carbocycles. The molecule has 1 saturated heterocycles. The van der Waals surface area contributed by atoms with E-state index >= 15 is 0 Å². The van der Waals surface area contributed by atoms with Gasteiger partial charge in [0.15, 0.2) is 5.13 Å². The molecule has 0 spiro atoms. The van der Waals surface area contributed by atoms with E-state index in [1.165, 1.54) is 11.3 Å². The molecule has 1 fully saturated rings. The summed E-state index contributed by atoms with van der Waals surface area (Å²) in [4.78, 5) is 34.3. The highest BCUT2D eigenvalue weighted by molar-refractivity contribution is 7.22. The van der Waals surface area contributed by atoms with Crippen molar-refractivity contribution in [2.75, 3.05) is 58.4 Å². The molecular formula is C18H24N4O4S. The second kappa shape index (κ2) is 8.43. The Morgan fingerprint density at radius 3 is 2.59 bits per heavy atom. The van der Waals surface area contributed by atoms with Gasteiger partial charge in [0.05, 0.1) is 25.0 Å². The van der Waals surface area contributed by atoms with E-state index in [1.54, 1.807) is 23.8 Å². The summed E-state index contributed by atoms with van der Waals surface area (Å²) in [5, 5.41) is 0.771. The van der Waals surface area contributed by atoms with Crippen molar-refractivity contribution in [2.45, 2.75) is 6.92 Å². The lowest BCUT2D eigenvalue weighted by molar-refractivity contribution is -0.131. The first-order valence-electron chi connectivity index (χ1n) is 8.87. The molecule has 27 heavy (non-hydrogen) atoms. The fourth-order valence-electron chi connectivity index (χ4n) is 2.96. The number of carbonyl (C=O) groups excluding carboxylic acids is 2. The van der Waals surface area contributed by atoms with Gasteiger partial charge in [0.1, 0.15) is 11.3 Å². The average Bonchev–Trinajstić information content (AvgIpc) is 3.12. The van der Waals surface area contributed by atoms with E-state index in [9.17, 15) is 9.59 Å². The highest BCUT2D eigenvalue weighted by atomic mass is 32.1. The zero-order valence-electron chi connectivity index (χ0n) is 15.8. The summed E-state index contributed by atoms with van der Waals surface area (Å²) in [6, 6.07) is 5.79. The van der Waals surface area contributed by atoms with Crippen LogP contribution in [0.4, 0.5) is 9.93 Å². The maximum atomic E-state index is 12.6. The molecule has 0 atom stereocenters. The van der Waals surface area contributed by atoms with Crippen molar-refractivity contribution in [1.29, 1.82) is 0 Å². The first-order chi connectivity index (χ1) is 13.0. The number of thiazole rings is 1. The summed E-state index contributed by atoms with van der Waals surface area (Å²) < 4.78 is 11.4. The summed E-state index contributed by atoms with van der Waals surface area (Å²) >= 11 is 1.53. The molecule has 1 aromatic heterocycles. The van der Waals surface area contributed by atoms with E-state index in [2.05, 4.69) is 4.98 Å². The third-order valence-corrected chi connectivity index (χ3v) is 5.58. The summed E-state index contributed by atoms with van der Waals surface area (Å²) in [6.45, 7) is 4.39. The van der Waals surface area contributed by atoms with Crippen molar-refractivity contribution in [3.63, 3.8) is 0 Å². The van der Waals surface area contributed by atoms with Crippen LogP contribution >= 0.6 is 11.3 Å². The Balaban J connectivity index is 1.59. The van der Waals surface area contributed by atoms with Crippen LogP contribution in [0.1, 0.15) is 6.92 Å². The van der Waals surface area contributed by atoms with Crippen molar-refractivity contribution >= 4 is 38.7 Å². The zero-order valence-corrected chi connectivity index (χ0v) is 16.6. The number of ether oxygens (including phenoxy) is 2. The van der Waals surface area contributed by atoms with Gasteiger partial charge in [-0.1, -0.05) is 17.4 Å². The number of hydrogen-bond acceptors (Lipinski definition) is 7. The van der Waals surface area contributed by atoms with Gasteiger partial charge >= 0.3 is 6.09 Å². The number of hydrogen-bond donors (Lipinski definition) is 0. The van der Waals surface area contributed by atoms with Gasteiger partial charge in [0, 0.05) is 33.2 Å². The summed E-state index contributed by atoms with van der Waals surface area (Å²) in [6.07, 6.45) is -0.315. The fourth-order valence-corrected chi connectivity index (χ4v) is 3.91. The minimum absolute atomic E-state index is 0.0206. The second-order valence-electron chi connectivity index (χ2n) is 6.23. The normalized spacial score (nSPS) is 14.3. The SMILES string of the molecule is CCOC(=O)N1CCN(C(=O)CN(C)c2nc3c(OC)cccc3s2)CC1. The van der Waals surface area contributed by atoms with Crippen LogP contribution in [0.2, 0.25) is 0 Å². The van der Waals surface area contributed by atoms with E-state index in [0.717, 1.165) is 21.1 Å². The molecule has 2 amide bonds. The third-order valence-electron chi connectivity index (χ3n) is 4.45. The Morgan fingerprint density at radius 2 is 1.93 bits per heavy atom. The van der Waals surface area contributed by atoms with Gasteiger partial charge in [-0.05, 0) is 19.1 Å². The van der Waals surface area contributed by atoms with Gasteiger partial charge in [-0.15, -0.1) is 0 Å². The molecule has 3 rings (SSSR count). The van der Waals surface area contributed by atoms with Crippen LogP contribution in [0, 0.1) is 0 Å². The summed E-state index contributed by atoms with van der Waals surface area (Å²) in [5.74, 6) is 0.747. The maximum Gasteiger partial charge on any atom is 0.409 e. The molecule has 146 valence electrons. The Bertz CT molecular complexity index is 817. The van der Waals surface area contributed by atoms with E-state index < -0.39 is 0 Å². The van der Waals surface area contributed by atoms with E-state index in [-0.39, 0.29) is 18.5 Å². The highest BCUT2D eigenvalue weighted by Crippen LogP contribution is 2.33. The standard InChI is InChI=1S/C18H24N4O4S/c1-4-26-18(24)22-10-8-21(9-11-22)15(23)12-20(2)17-19-16-13(25-3)6-5-7-14(16)27-17/h5-7H,4,8-12H2,1-3H3. The van der Waals surface area contributed by atoms with Crippen molar-refractivity contribution in [3.8, 4) is 5.75 Å². The smallest absolute Gasteiger partial charge is 0.409 e. The lowest BCUT2D eigenvalue weighted by Gasteiger charge is -2.34. The summed E-state index contributed by atoms with van der Waals surface area (Å²) in [5.41, 5.74) is 0.808. The van der Waals surface area contributed by atoms with Gasteiger partial charge in [-0.25, -0.2) is 9.78 Å².